The van der Waals surface area contributed by atoms with E-state index in [1.165, 1.54) is 7.11 Å². The monoisotopic (exact) mass is 267 g/mol. The van der Waals surface area contributed by atoms with E-state index in [1.54, 1.807) is 38.1 Å². The number of esters is 1. The van der Waals surface area contributed by atoms with Crippen LogP contribution in [0.4, 0.5) is 10.5 Å². The van der Waals surface area contributed by atoms with Crippen molar-refractivity contribution in [1.29, 1.82) is 0 Å². The van der Waals surface area contributed by atoms with Gasteiger partial charge < -0.3 is 14.2 Å². The quantitative estimate of drug-likeness (QED) is 0.828. The first-order valence-electron chi connectivity index (χ1n) is 5.78. The molecule has 0 aliphatic rings. The molecule has 1 amide bonds. The first-order chi connectivity index (χ1) is 9.01. The van der Waals surface area contributed by atoms with Gasteiger partial charge >= 0.3 is 12.1 Å². The summed E-state index contributed by atoms with van der Waals surface area (Å²) >= 11 is 0. The van der Waals surface area contributed by atoms with Crippen LogP contribution in [-0.2, 0) is 14.3 Å². The van der Waals surface area contributed by atoms with Crippen LogP contribution >= 0.6 is 0 Å². The molecular weight excluding hydrogens is 250 g/mol. The van der Waals surface area contributed by atoms with E-state index in [0.717, 1.165) is 0 Å². The summed E-state index contributed by atoms with van der Waals surface area (Å²) in [5.41, 5.74) is 0.521. The predicted molar refractivity (Wildman–Crippen MR) is 69.2 cm³/mol. The molecule has 104 valence electrons. The lowest BCUT2D eigenvalue weighted by molar-refractivity contribution is -0.142. The second-order valence-corrected chi connectivity index (χ2v) is 3.97. The van der Waals surface area contributed by atoms with Gasteiger partial charge in [0.15, 0.2) is 6.61 Å². The Balaban J connectivity index is 2.56. The number of ether oxygens (including phenoxy) is 3. The van der Waals surface area contributed by atoms with Gasteiger partial charge in [-0.3, -0.25) is 5.32 Å². The van der Waals surface area contributed by atoms with Crippen LogP contribution in [0.3, 0.4) is 0 Å². The van der Waals surface area contributed by atoms with E-state index >= 15 is 0 Å². The van der Waals surface area contributed by atoms with E-state index in [4.69, 9.17) is 9.47 Å². The number of rotatable bonds is 5. The molecule has 6 nitrogen and oxygen atoms in total. The third kappa shape index (κ3) is 5.76. The minimum atomic E-state index is -0.542. The number of hydrogen-bond donors (Lipinski definition) is 1. The van der Waals surface area contributed by atoms with E-state index in [-0.39, 0.29) is 12.7 Å². The van der Waals surface area contributed by atoms with Crippen molar-refractivity contribution in [3.63, 3.8) is 0 Å². The number of amides is 1. The van der Waals surface area contributed by atoms with Crippen LogP contribution < -0.4 is 10.1 Å². The van der Waals surface area contributed by atoms with E-state index < -0.39 is 12.1 Å². The highest BCUT2D eigenvalue weighted by Gasteiger charge is 2.07. The molecule has 0 fully saturated rings. The van der Waals surface area contributed by atoms with Gasteiger partial charge in [0.05, 0.1) is 13.2 Å². The summed E-state index contributed by atoms with van der Waals surface area (Å²) in [5.74, 6) is -0.0228. The average Bonchev–Trinajstić information content (AvgIpc) is 2.35. The first kappa shape index (κ1) is 14.8. The van der Waals surface area contributed by atoms with Gasteiger partial charge in [-0.25, -0.2) is 9.59 Å². The molecule has 1 N–H and O–H groups in total. The minimum absolute atomic E-state index is 0.184. The van der Waals surface area contributed by atoms with Crippen LogP contribution in [0.5, 0.6) is 5.75 Å². The molecule has 0 saturated heterocycles. The molecule has 1 rings (SSSR count). The summed E-state index contributed by atoms with van der Waals surface area (Å²) in [6.07, 6.45) is -0.737. The van der Waals surface area contributed by atoms with Crippen LogP contribution in [0, 0.1) is 0 Å². The molecule has 0 unspecified atom stereocenters. The van der Waals surface area contributed by atoms with Gasteiger partial charge in [-0.1, -0.05) is 6.07 Å². The SMILES string of the molecule is COC(=O)COc1cccc(NC(=O)OC(C)C)c1. The lowest BCUT2D eigenvalue weighted by Gasteiger charge is -2.10. The summed E-state index contributed by atoms with van der Waals surface area (Å²) in [5, 5.41) is 2.56. The smallest absolute Gasteiger partial charge is 0.411 e. The molecule has 19 heavy (non-hydrogen) atoms. The number of nitrogens with one attached hydrogen (secondary N) is 1. The van der Waals surface area contributed by atoms with Crippen LogP contribution in [0.2, 0.25) is 0 Å². The number of carbonyl (C=O) groups excluding carboxylic acids is 2. The van der Waals surface area contributed by atoms with Gasteiger partial charge in [-0.05, 0) is 26.0 Å². The van der Waals surface area contributed by atoms with E-state index in [9.17, 15) is 9.59 Å². The van der Waals surface area contributed by atoms with E-state index in [2.05, 4.69) is 10.1 Å². The van der Waals surface area contributed by atoms with Crippen LogP contribution in [-0.4, -0.2) is 31.9 Å². The normalized spacial score (nSPS) is 9.89. The molecule has 0 bridgehead atoms. The molecule has 0 aliphatic heterocycles. The van der Waals surface area contributed by atoms with Crippen molar-refractivity contribution in [2.75, 3.05) is 19.0 Å². The molecule has 0 heterocycles. The molecular formula is C13H17NO5. The molecule has 0 spiro atoms. The van der Waals surface area contributed by atoms with Crippen molar-refractivity contribution >= 4 is 17.7 Å². The molecule has 6 heteroatoms. The maximum atomic E-state index is 11.4. The van der Waals surface area contributed by atoms with Crippen molar-refractivity contribution in [2.45, 2.75) is 20.0 Å². The second kappa shape index (κ2) is 7.25. The fourth-order valence-electron chi connectivity index (χ4n) is 1.23. The number of methoxy groups -OCH3 is 1. The lowest BCUT2D eigenvalue weighted by atomic mass is 10.3. The summed E-state index contributed by atoms with van der Waals surface area (Å²) in [6, 6.07) is 6.64. The summed E-state index contributed by atoms with van der Waals surface area (Å²) in [4.78, 5) is 22.3. The summed E-state index contributed by atoms with van der Waals surface area (Å²) in [7, 11) is 1.28. The maximum absolute atomic E-state index is 11.4. The van der Waals surface area contributed by atoms with Gasteiger partial charge in [-0.2, -0.15) is 0 Å². The number of benzene rings is 1. The Kier molecular flexibility index (Phi) is 5.66. The lowest BCUT2D eigenvalue weighted by Crippen LogP contribution is -2.18. The van der Waals surface area contributed by atoms with E-state index in [1.807, 2.05) is 0 Å². The van der Waals surface area contributed by atoms with Crippen LogP contribution in [0.15, 0.2) is 24.3 Å². The summed E-state index contributed by atoms with van der Waals surface area (Å²) in [6.45, 7) is 3.33. The molecule has 0 aliphatic carbocycles. The van der Waals surface area contributed by atoms with Gasteiger partial charge in [0.2, 0.25) is 0 Å². The van der Waals surface area contributed by atoms with Gasteiger partial charge in [0, 0.05) is 11.8 Å². The number of carbonyl (C=O) groups is 2. The summed E-state index contributed by atoms with van der Waals surface area (Å²) < 4.78 is 14.6. The first-order valence-corrected chi connectivity index (χ1v) is 5.78. The van der Waals surface area contributed by atoms with Crippen molar-refractivity contribution in [3.05, 3.63) is 24.3 Å². The van der Waals surface area contributed by atoms with Crippen LogP contribution in [0.1, 0.15) is 13.8 Å². The maximum Gasteiger partial charge on any atom is 0.411 e. The molecule has 0 aromatic heterocycles. The zero-order valence-corrected chi connectivity index (χ0v) is 11.1. The Morgan fingerprint density at radius 3 is 2.68 bits per heavy atom. The Bertz CT molecular complexity index is 444. The minimum Gasteiger partial charge on any atom is -0.482 e. The Morgan fingerprint density at radius 1 is 1.32 bits per heavy atom. The molecule has 1 aromatic rings. The van der Waals surface area contributed by atoms with Crippen molar-refractivity contribution < 1.29 is 23.8 Å². The van der Waals surface area contributed by atoms with Crippen molar-refractivity contribution in [2.24, 2.45) is 0 Å². The topological polar surface area (TPSA) is 73.9 Å². The zero-order chi connectivity index (χ0) is 14.3. The van der Waals surface area contributed by atoms with Gasteiger partial charge in [-0.15, -0.1) is 0 Å². The fourth-order valence-corrected chi connectivity index (χ4v) is 1.23. The average molecular weight is 267 g/mol. The number of hydrogen-bond acceptors (Lipinski definition) is 5. The third-order valence-corrected chi connectivity index (χ3v) is 2.01. The molecule has 0 atom stereocenters. The van der Waals surface area contributed by atoms with Crippen molar-refractivity contribution in [1.82, 2.24) is 0 Å². The predicted octanol–water partition coefficient (Wildman–Crippen LogP) is 2.20. The highest BCUT2D eigenvalue weighted by Crippen LogP contribution is 2.17. The van der Waals surface area contributed by atoms with Gasteiger partial charge in [0.1, 0.15) is 5.75 Å². The van der Waals surface area contributed by atoms with Gasteiger partial charge in [0.25, 0.3) is 0 Å². The Hall–Kier alpha value is -2.24. The standard InChI is InChI=1S/C13H17NO5/c1-9(2)19-13(16)14-10-5-4-6-11(7-10)18-8-12(15)17-3/h4-7,9H,8H2,1-3H3,(H,14,16). The molecule has 1 aromatic carbocycles. The molecule has 0 saturated carbocycles. The van der Waals surface area contributed by atoms with Crippen LogP contribution in [0.25, 0.3) is 0 Å². The fraction of sp³-hybridized carbons (Fsp3) is 0.385. The third-order valence-electron chi connectivity index (χ3n) is 2.01. The van der Waals surface area contributed by atoms with E-state index in [0.29, 0.717) is 11.4 Å². The molecule has 0 radical (unpaired) electrons. The Labute approximate surface area is 111 Å². The number of anilines is 1. The second-order valence-electron chi connectivity index (χ2n) is 3.97. The Morgan fingerprint density at radius 2 is 2.05 bits per heavy atom. The zero-order valence-electron chi connectivity index (χ0n) is 11.1. The highest BCUT2D eigenvalue weighted by molar-refractivity contribution is 5.84. The van der Waals surface area contributed by atoms with Crippen molar-refractivity contribution in [3.8, 4) is 5.75 Å². The highest BCUT2D eigenvalue weighted by atomic mass is 16.6. The largest absolute Gasteiger partial charge is 0.482 e.